The first-order chi connectivity index (χ1) is 13.8. The highest BCUT2D eigenvalue weighted by atomic mass is 19.4. The first kappa shape index (κ1) is 19.3. The number of halogens is 3. The molecule has 148 valence electrons. The molecule has 0 bridgehead atoms. The van der Waals surface area contributed by atoms with Gasteiger partial charge in [0.05, 0.1) is 18.7 Å². The largest absolute Gasteiger partial charge is 0.491 e. The lowest BCUT2D eigenvalue weighted by Gasteiger charge is -2.10. The van der Waals surface area contributed by atoms with Crippen molar-refractivity contribution in [1.82, 2.24) is 20.0 Å². The summed E-state index contributed by atoms with van der Waals surface area (Å²) in [4.78, 5) is 16.7. The van der Waals surface area contributed by atoms with Gasteiger partial charge in [0, 0.05) is 12.6 Å². The number of aromatic nitrogens is 4. The minimum absolute atomic E-state index is 0.135. The standard InChI is InChI=1S/C18H14BF3N4O3/c20-18(21,22)9-14-17(24-25-26(14)16-3-1-2-6-23-16)15(27)8-11-4-5-12-10-29-19(28)13(12)7-11/h1-7,28H,8-10H2. The van der Waals surface area contributed by atoms with Crippen molar-refractivity contribution < 1.29 is 27.6 Å². The van der Waals surface area contributed by atoms with Crippen LogP contribution in [0.5, 0.6) is 0 Å². The number of benzene rings is 1. The Morgan fingerprint density at radius 3 is 2.83 bits per heavy atom. The van der Waals surface area contributed by atoms with Gasteiger partial charge in [-0.25, -0.2) is 4.98 Å². The summed E-state index contributed by atoms with van der Waals surface area (Å²) in [7, 11) is -1.08. The number of Topliss-reactive ketones (excluding diaryl/α,β-unsaturated/α-hetero) is 1. The predicted molar refractivity (Wildman–Crippen MR) is 95.8 cm³/mol. The molecule has 4 rings (SSSR count). The van der Waals surface area contributed by atoms with E-state index in [4.69, 9.17) is 4.65 Å². The Morgan fingerprint density at radius 2 is 2.10 bits per heavy atom. The van der Waals surface area contributed by atoms with E-state index in [2.05, 4.69) is 15.3 Å². The Balaban J connectivity index is 1.66. The van der Waals surface area contributed by atoms with Crippen molar-refractivity contribution in [2.75, 3.05) is 0 Å². The van der Waals surface area contributed by atoms with Gasteiger partial charge in [-0.05, 0) is 28.7 Å². The molecular weight excluding hydrogens is 388 g/mol. The fourth-order valence-corrected chi connectivity index (χ4v) is 3.17. The van der Waals surface area contributed by atoms with Gasteiger partial charge in [0.15, 0.2) is 17.3 Å². The Labute approximate surface area is 163 Å². The normalized spacial score (nSPS) is 13.6. The molecule has 1 aromatic carbocycles. The average Bonchev–Trinajstić information content (AvgIpc) is 3.25. The summed E-state index contributed by atoms with van der Waals surface area (Å²) in [5.41, 5.74) is 1.15. The van der Waals surface area contributed by atoms with E-state index in [-0.39, 0.29) is 30.2 Å². The average molecular weight is 402 g/mol. The highest BCUT2D eigenvalue weighted by Crippen LogP contribution is 2.25. The minimum atomic E-state index is -4.56. The van der Waals surface area contributed by atoms with Crippen LogP contribution in [0.15, 0.2) is 42.6 Å². The number of carbonyl (C=O) groups is 1. The molecule has 29 heavy (non-hydrogen) atoms. The molecular formula is C18H14BF3N4O3. The van der Waals surface area contributed by atoms with Crippen LogP contribution in [0.2, 0.25) is 0 Å². The van der Waals surface area contributed by atoms with E-state index in [1.807, 2.05) is 0 Å². The van der Waals surface area contributed by atoms with Crippen LogP contribution in [-0.2, 0) is 24.1 Å². The topological polar surface area (TPSA) is 90.1 Å². The predicted octanol–water partition coefficient (Wildman–Crippen LogP) is 1.41. The van der Waals surface area contributed by atoms with Gasteiger partial charge in [-0.15, -0.1) is 5.10 Å². The molecule has 0 aliphatic carbocycles. The summed E-state index contributed by atoms with van der Waals surface area (Å²) in [5, 5.41) is 17.2. The van der Waals surface area contributed by atoms with Crippen LogP contribution in [0.1, 0.15) is 27.3 Å². The van der Waals surface area contributed by atoms with E-state index in [1.165, 1.54) is 12.3 Å². The third-order valence-corrected chi connectivity index (χ3v) is 4.50. The number of hydrogen-bond acceptors (Lipinski definition) is 6. The molecule has 0 unspecified atom stereocenters. The summed E-state index contributed by atoms with van der Waals surface area (Å²) < 4.78 is 45.4. The van der Waals surface area contributed by atoms with Crippen molar-refractivity contribution in [3.05, 3.63) is 65.1 Å². The highest BCUT2D eigenvalue weighted by molar-refractivity contribution is 6.61. The van der Waals surface area contributed by atoms with Crippen LogP contribution in [0, 0.1) is 0 Å². The molecule has 0 radical (unpaired) electrons. The maximum Gasteiger partial charge on any atom is 0.491 e. The number of ketones is 1. The second-order valence-corrected chi connectivity index (χ2v) is 6.57. The van der Waals surface area contributed by atoms with E-state index in [0.717, 1.165) is 10.2 Å². The fourth-order valence-electron chi connectivity index (χ4n) is 3.17. The zero-order valence-electron chi connectivity index (χ0n) is 14.9. The lowest BCUT2D eigenvalue weighted by atomic mass is 9.78. The number of rotatable bonds is 5. The van der Waals surface area contributed by atoms with Gasteiger partial charge in [0.25, 0.3) is 0 Å². The van der Waals surface area contributed by atoms with E-state index in [1.54, 1.807) is 30.3 Å². The second-order valence-electron chi connectivity index (χ2n) is 6.57. The van der Waals surface area contributed by atoms with Crippen molar-refractivity contribution in [2.45, 2.75) is 25.6 Å². The Hall–Kier alpha value is -3.05. The lowest BCUT2D eigenvalue weighted by Crippen LogP contribution is -2.28. The minimum Gasteiger partial charge on any atom is -0.423 e. The van der Waals surface area contributed by atoms with Gasteiger partial charge in [-0.2, -0.15) is 17.9 Å². The third kappa shape index (κ3) is 4.05. The number of alkyl halides is 3. The summed E-state index contributed by atoms with van der Waals surface area (Å²) >= 11 is 0. The molecule has 0 atom stereocenters. The van der Waals surface area contributed by atoms with Crippen LogP contribution >= 0.6 is 0 Å². The van der Waals surface area contributed by atoms with Gasteiger partial charge in [-0.1, -0.05) is 29.5 Å². The first-order valence-electron chi connectivity index (χ1n) is 8.69. The van der Waals surface area contributed by atoms with Gasteiger partial charge < -0.3 is 9.68 Å². The van der Waals surface area contributed by atoms with Gasteiger partial charge >= 0.3 is 13.3 Å². The summed E-state index contributed by atoms with van der Waals surface area (Å²) in [6, 6.07) is 9.69. The van der Waals surface area contributed by atoms with Crippen LogP contribution < -0.4 is 5.46 Å². The number of pyridine rings is 1. The summed E-state index contributed by atoms with van der Waals surface area (Å²) in [6.45, 7) is 0.263. The van der Waals surface area contributed by atoms with Gasteiger partial charge in [0.2, 0.25) is 0 Å². The van der Waals surface area contributed by atoms with E-state index in [9.17, 15) is 23.0 Å². The molecule has 11 heteroatoms. The van der Waals surface area contributed by atoms with Crippen LogP contribution in [0.25, 0.3) is 5.82 Å². The Bertz CT molecular complexity index is 1060. The van der Waals surface area contributed by atoms with Crippen LogP contribution in [0.4, 0.5) is 13.2 Å². The molecule has 2 aromatic heterocycles. The molecule has 1 aliphatic heterocycles. The maximum absolute atomic E-state index is 13.1. The summed E-state index contributed by atoms with van der Waals surface area (Å²) in [6.07, 6.45) is -4.70. The SMILES string of the molecule is O=C(Cc1ccc2c(c1)B(O)OC2)c1nnn(-c2ccccn2)c1CC(F)(F)F. The molecule has 1 N–H and O–H groups in total. The van der Waals surface area contributed by atoms with Crippen molar-refractivity contribution in [3.8, 4) is 5.82 Å². The smallest absolute Gasteiger partial charge is 0.423 e. The molecule has 0 amide bonds. The molecule has 0 saturated carbocycles. The highest BCUT2D eigenvalue weighted by Gasteiger charge is 2.34. The van der Waals surface area contributed by atoms with Crippen LogP contribution in [0.3, 0.4) is 0 Å². The van der Waals surface area contributed by atoms with Gasteiger partial charge in [0.1, 0.15) is 0 Å². The second kappa shape index (κ2) is 7.41. The zero-order chi connectivity index (χ0) is 20.6. The van der Waals surface area contributed by atoms with Crippen molar-refractivity contribution in [1.29, 1.82) is 0 Å². The number of nitrogens with zero attached hydrogens (tertiary/aromatic N) is 4. The van der Waals surface area contributed by atoms with E-state index in [0.29, 0.717) is 11.0 Å². The fraction of sp³-hybridized carbons (Fsp3) is 0.222. The maximum atomic E-state index is 13.1. The monoisotopic (exact) mass is 402 g/mol. The lowest BCUT2D eigenvalue weighted by molar-refractivity contribution is -0.128. The zero-order valence-corrected chi connectivity index (χ0v) is 14.9. The molecule has 0 saturated heterocycles. The molecule has 0 fully saturated rings. The number of hydrogen-bond donors (Lipinski definition) is 1. The van der Waals surface area contributed by atoms with E-state index >= 15 is 0 Å². The summed E-state index contributed by atoms with van der Waals surface area (Å²) in [5.74, 6) is -0.476. The molecule has 1 aliphatic rings. The number of carbonyl (C=O) groups excluding carboxylic acids is 1. The van der Waals surface area contributed by atoms with Crippen molar-refractivity contribution >= 4 is 18.4 Å². The van der Waals surface area contributed by atoms with Gasteiger partial charge in [-0.3, -0.25) is 4.79 Å². The molecule has 7 nitrogen and oxygen atoms in total. The first-order valence-corrected chi connectivity index (χ1v) is 8.69. The molecule has 3 aromatic rings. The molecule has 3 heterocycles. The Kier molecular flexibility index (Phi) is 4.93. The quantitative estimate of drug-likeness (QED) is 0.513. The molecule has 0 spiro atoms. The van der Waals surface area contributed by atoms with Crippen molar-refractivity contribution in [3.63, 3.8) is 0 Å². The Morgan fingerprint density at radius 1 is 1.28 bits per heavy atom. The van der Waals surface area contributed by atoms with E-state index < -0.39 is 25.5 Å². The number of fused-ring (bicyclic) bond motifs is 1. The van der Waals surface area contributed by atoms with Crippen molar-refractivity contribution in [2.24, 2.45) is 0 Å². The third-order valence-electron chi connectivity index (χ3n) is 4.50. The van der Waals surface area contributed by atoms with Crippen LogP contribution in [-0.4, -0.2) is 44.1 Å².